The Morgan fingerprint density at radius 3 is 2.86 bits per heavy atom. The van der Waals surface area contributed by atoms with E-state index in [1.807, 2.05) is 0 Å². The summed E-state index contributed by atoms with van der Waals surface area (Å²) in [4.78, 5) is 17.2. The largest absolute Gasteiger partial charge is 0.454 e. The van der Waals surface area contributed by atoms with Crippen LogP contribution in [-0.4, -0.2) is 37.9 Å². The van der Waals surface area contributed by atoms with Gasteiger partial charge in [0.2, 0.25) is 12.8 Å². The number of carbonyl (C=O) groups excluding carboxylic acids is 1. The Morgan fingerprint density at radius 2 is 2.07 bits per heavy atom. The van der Waals surface area contributed by atoms with E-state index in [9.17, 15) is 9.18 Å². The molecule has 0 aliphatic carbocycles. The fourth-order valence-corrected chi connectivity index (χ4v) is 3.20. The van der Waals surface area contributed by atoms with E-state index < -0.39 is 5.82 Å². The average Bonchev–Trinajstić information content (AvgIpc) is 3.39. The predicted molar refractivity (Wildman–Crippen MR) is 106 cm³/mol. The second kappa shape index (κ2) is 8.67. The molecule has 0 saturated carbocycles. The first-order valence-electron chi connectivity index (χ1n) is 9.17. The minimum atomic E-state index is -0.528. The van der Waals surface area contributed by atoms with Crippen LogP contribution in [0.4, 0.5) is 10.1 Å². The number of ether oxygens (including phenoxy) is 3. The van der Waals surface area contributed by atoms with Gasteiger partial charge < -0.3 is 19.5 Å². The Kier molecular flexibility index (Phi) is 5.82. The Bertz CT molecular complexity index is 947. The van der Waals surface area contributed by atoms with Crippen molar-refractivity contribution >= 4 is 29.2 Å². The number of benzene rings is 2. The molecule has 1 fully saturated rings. The quantitative estimate of drug-likeness (QED) is 0.584. The normalized spacial score (nSPS) is 18.0. The highest BCUT2D eigenvalue weighted by Crippen LogP contribution is 2.32. The van der Waals surface area contributed by atoms with E-state index in [0.717, 1.165) is 12.8 Å². The molecule has 152 valence electrons. The van der Waals surface area contributed by atoms with E-state index in [0.29, 0.717) is 35.9 Å². The number of rotatable bonds is 4. The van der Waals surface area contributed by atoms with Crippen LogP contribution in [0.15, 0.2) is 41.4 Å². The number of aliphatic imine (C=N–C) groups is 1. The van der Waals surface area contributed by atoms with Crippen molar-refractivity contribution in [1.82, 2.24) is 5.32 Å². The topological polar surface area (TPSA) is 81.2 Å². The van der Waals surface area contributed by atoms with Crippen molar-refractivity contribution in [2.45, 2.75) is 18.9 Å². The molecular formula is C20H19ClFN3O4. The molecule has 0 spiro atoms. The highest BCUT2D eigenvalue weighted by molar-refractivity contribution is 6.31. The van der Waals surface area contributed by atoms with Gasteiger partial charge in [-0.3, -0.25) is 10.1 Å². The summed E-state index contributed by atoms with van der Waals surface area (Å²) in [7, 11) is 0. The lowest BCUT2D eigenvalue weighted by Crippen LogP contribution is -2.36. The fraction of sp³-hybridized carbons (Fsp3) is 0.300. The molecule has 0 radical (unpaired) electrons. The van der Waals surface area contributed by atoms with Gasteiger partial charge in [0.1, 0.15) is 5.82 Å². The van der Waals surface area contributed by atoms with Crippen molar-refractivity contribution < 1.29 is 23.4 Å². The Balaban J connectivity index is 1.51. The number of carbonyl (C=O) groups is 1. The number of hydrogen-bond donors (Lipinski definition) is 2. The number of hydrogen-bond acceptors (Lipinski definition) is 5. The molecule has 2 aromatic carbocycles. The second-order valence-electron chi connectivity index (χ2n) is 6.60. The second-order valence-corrected chi connectivity index (χ2v) is 7.01. The van der Waals surface area contributed by atoms with Crippen LogP contribution in [-0.2, 0) is 4.74 Å². The van der Waals surface area contributed by atoms with Crippen LogP contribution in [0.5, 0.6) is 11.5 Å². The van der Waals surface area contributed by atoms with Gasteiger partial charge in [-0.15, -0.1) is 0 Å². The molecule has 0 bridgehead atoms. The molecule has 9 heteroatoms. The monoisotopic (exact) mass is 419 g/mol. The third-order valence-corrected chi connectivity index (χ3v) is 4.82. The number of anilines is 1. The number of guanidine groups is 1. The maximum absolute atomic E-state index is 13.4. The van der Waals surface area contributed by atoms with E-state index in [1.165, 1.54) is 18.2 Å². The molecule has 2 heterocycles. The number of halogens is 2. The van der Waals surface area contributed by atoms with Crippen LogP contribution in [0.1, 0.15) is 23.2 Å². The lowest BCUT2D eigenvalue weighted by atomic mass is 10.2. The van der Waals surface area contributed by atoms with Crippen molar-refractivity contribution in [2.24, 2.45) is 4.99 Å². The Labute approximate surface area is 171 Å². The molecule has 0 aromatic heterocycles. The highest BCUT2D eigenvalue weighted by Gasteiger charge is 2.19. The van der Waals surface area contributed by atoms with Crippen LogP contribution in [0.3, 0.4) is 0 Å². The Hall–Kier alpha value is -2.84. The van der Waals surface area contributed by atoms with Gasteiger partial charge in [-0.25, -0.2) is 9.38 Å². The predicted octanol–water partition coefficient (Wildman–Crippen LogP) is 3.58. The molecule has 7 nitrogen and oxygen atoms in total. The summed E-state index contributed by atoms with van der Waals surface area (Å²) in [5.74, 6) is 0.405. The molecule has 2 aliphatic heterocycles. The Morgan fingerprint density at radius 1 is 1.21 bits per heavy atom. The molecule has 2 N–H and O–H groups in total. The molecule has 1 atom stereocenters. The summed E-state index contributed by atoms with van der Waals surface area (Å²) in [6.07, 6.45) is 1.90. The molecule has 4 rings (SSSR count). The first kappa shape index (κ1) is 19.5. The van der Waals surface area contributed by atoms with Crippen molar-refractivity contribution in [1.29, 1.82) is 0 Å². The van der Waals surface area contributed by atoms with Crippen molar-refractivity contribution in [2.75, 3.05) is 25.3 Å². The van der Waals surface area contributed by atoms with E-state index >= 15 is 0 Å². The zero-order valence-corrected chi connectivity index (χ0v) is 16.2. The van der Waals surface area contributed by atoms with Gasteiger partial charge in [0.15, 0.2) is 11.5 Å². The maximum atomic E-state index is 13.4. The highest BCUT2D eigenvalue weighted by atomic mass is 35.5. The van der Waals surface area contributed by atoms with Crippen LogP contribution in [0.25, 0.3) is 0 Å². The van der Waals surface area contributed by atoms with E-state index in [1.54, 1.807) is 18.2 Å². The minimum Gasteiger partial charge on any atom is -0.454 e. The van der Waals surface area contributed by atoms with E-state index in [2.05, 4.69) is 15.6 Å². The van der Waals surface area contributed by atoms with Crippen LogP contribution < -0.4 is 20.1 Å². The summed E-state index contributed by atoms with van der Waals surface area (Å²) < 4.78 is 29.6. The van der Waals surface area contributed by atoms with Gasteiger partial charge in [0.05, 0.1) is 17.7 Å². The van der Waals surface area contributed by atoms with Gasteiger partial charge in [0.25, 0.3) is 5.91 Å². The summed E-state index contributed by atoms with van der Waals surface area (Å²) in [6, 6.07) is 9.08. The molecule has 0 unspecified atom stereocenters. The summed E-state index contributed by atoms with van der Waals surface area (Å²) in [5, 5.41) is 5.69. The van der Waals surface area contributed by atoms with Crippen LogP contribution >= 0.6 is 11.6 Å². The summed E-state index contributed by atoms with van der Waals surface area (Å²) in [6.45, 7) is 1.22. The number of nitrogens with one attached hydrogen (secondary N) is 2. The van der Waals surface area contributed by atoms with Gasteiger partial charge in [-0.2, -0.15) is 0 Å². The number of nitrogens with zero attached hydrogens (tertiary/aromatic N) is 1. The molecule has 1 saturated heterocycles. The standard InChI is InChI=1S/C20H19ClFN3O4/c21-15-9-13(4-5-16(15)22)24-20(23-10-14-2-1-7-27-14)25-19(26)12-3-6-17-18(8-12)29-11-28-17/h3-6,8-9,14H,1-2,7,10-11H2,(H2,23,24,25,26)/t14-/m1/s1. The van der Waals surface area contributed by atoms with Crippen LogP contribution in [0.2, 0.25) is 5.02 Å². The van der Waals surface area contributed by atoms with Gasteiger partial charge in [-0.05, 0) is 49.2 Å². The van der Waals surface area contributed by atoms with Gasteiger partial charge in [-0.1, -0.05) is 11.6 Å². The van der Waals surface area contributed by atoms with Crippen molar-refractivity contribution in [3.05, 3.63) is 52.8 Å². The van der Waals surface area contributed by atoms with E-state index in [4.69, 9.17) is 25.8 Å². The number of amides is 1. The molecule has 2 aliphatic rings. The third-order valence-electron chi connectivity index (χ3n) is 4.53. The first-order chi connectivity index (χ1) is 14.1. The molecule has 1 amide bonds. The van der Waals surface area contributed by atoms with Crippen LogP contribution in [0, 0.1) is 5.82 Å². The minimum absolute atomic E-state index is 0.00560. The fourth-order valence-electron chi connectivity index (χ4n) is 3.02. The van der Waals surface area contributed by atoms with Gasteiger partial charge in [0, 0.05) is 17.9 Å². The molecule has 2 aromatic rings. The lowest BCUT2D eigenvalue weighted by Gasteiger charge is -2.14. The average molecular weight is 420 g/mol. The zero-order valence-electron chi connectivity index (χ0n) is 15.4. The number of fused-ring (bicyclic) bond motifs is 1. The van der Waals surface area contributed by atoms with E-state index in [-0.39, 0.29) is 29.8 Å². The molecular weight excluding hydrogens is 401 g/mol. The summed E-state index contributed by atoms with van der Waals surface area (Å²) >= 11 is 5.85. The first-order valence-corrected chi connectivity index (χ1v) is 9.55. The smallest absolute Gasteiger partial charge is 0.258 e. The van der Waals surface area contributed by atoms with Crippen molar-refractivity contribution in [3.8, 4) is 11.5 Å². The lowest BCUT2D eigenvalue weighted by molar-refractivity contribution is 0.0975. The SMILES string of the molecule is O=C(NC(=NC[C@H]1CCCO1)Nc1ccc(F)c(Cl)c1)c1ccc2c(c1)OCO2. The zero-order chi connectivity index (χ0) is 20.2. The summed E-state index contributed by atoms with van der Waals surface area (Å²) in [5.41, 5.74) is 0.881. The van der Waals surface area contributed by atoms with Crippen molar-refractivity contribution in [3.63, 3.8) is 0 Å². The maximum Gasteiger partial charge on any atom is 0.258 e. The molecule has 29 heavy (non-hydrogen) atoms. The van der Waals surface area contributed by atoms with Gasteiger partial charge >= 0.3 is 0 Å². The third kappa shape index (κ3) is 4.78.